The van der Waals surface area contributed by atoms with Crippen molar-refractivity contribution < 1.29 is 4.42 Å². The van der Waals surface area contributed by atoms with Gasteiger partial charge in [-0.2, -0.15) is 0 Å². The van der Waals surface area contributed by atoms with Crippen molar-refractivity contribution in [3.05, 3.63) is 23.7 Å². The SMILES string of the molecule is CCC1(CNCc2ccc(C)o2)CC1.Cl. The summed E-state index contributed by atoms with van der Waals surface area (Å²) in [7, 11) is 0. The molecule has 0 aliphatic heterocycles. The molecular weight excluding hydrogens is 210 g/mol. The minimum absolute atomic E-state index is 0. The van der Waals surface area contributed by atoms with Crippen LogP contribution >= 0.6 is 12.4 Å². The van der Waals surface area contributed by atoms with Gasteiger partial charge in [0.05, 0.1) is 6.54 Å². The van der Waals surface area contributed by atoms with Crippen LogP contribution in [0.15, 0.2) is 16.5 Å². The zero-order valence-electron chi connectivity index (χ0n) is 9.51. The molecule has 3 heteroatoms. The fourth-order valence-electron chi connectivity index (χ4n) is 1.86. The summed E-state index contributed by atoms with van der Waals surface area (Å²) in [6.45, 7) is 6.28. The molecule has 0 bridgehead atoms. The molecule has 1 aliphatic carbocycles. The molecule has 2 nitrogen and oxygen atoms in total. The summed E-state index contributed by atoms with van der Waals surface area (Å²) in [6.07, 6.45) is 4.10. The lowest BCUT2D eigenvalue weighted by Gasteiger charge is -2.12. The van der Waals surface area contributed by atoms with E-state index in [0.717, 1.165) is 24.6 Å². The molecule has 1 aliphatic rings. The molecule has 86 valence electrons. The van der Waals surface area contributed by atoms with Gasteiger partial charge in [-0.05, 0) is 43.7 Å². The molecule has 1 aromatic rings. The normalized spacial score (nSPS) is 17.2. The third-order valence-corrected chi connectivity index (χ3v) is 3.30. The first-order valence-corrected chi connectivity index (χ1v) is 5.50. The second-order valence-corrected chi connectivity index (χ2v) is 4.47. The van der Waals surface area contributed by atoms with Gasteiger partial charge in [-0.25, -0.2) is 0 Å². The number of hydrogen-bond donors (Lipinski definition) is 1. The number of aryl methyl sites for hydroxylation is 1. The molecule has 0 saturated heterocycles. The smallest absolute Gasteiger partial charge is 0.117 e. The van der Waals surface area contributed by atoms with E-state index in [1.807, 2.05) is 19.1 Å². The summed E-state index contributed by atoms with van der Waals surface area (Å²) < 4.78 is 5.49. The highest BCUT2D eigenvalue weighted by Crippen LogP contribution is 2.47. The first-order valence-electron chi connectivity index (χ1n) is 5.50. The van der Waals surface area contributed by atoms with Crippen LogP contribution in [-0.4, -0.2) is 6.54 Å². The molecule has 0 atom stereocenters. The molecule has 15 heavy (non-hydrogen) atoms. The minimum atomic E-state index is 0. The lowest BCUT2D eigenvalue weighted by atomic mass is 10.0. The van der Waals surface area contributed by atoms with Crippen LogP contribution in [0.4, 0.5) is 0 Å². The second kappa shape index (κ2) is 5.04. The van der Waals surface area contributed by atoms with Crippen molar-refractivity contribution in [1.29, 1.82) is 0 Å². The molecule has 1 fully saturated rings. The maximum Gasteiger partial charge on any atom is 0.117 e. The van der Waals surface area contributed by atoms with Gasteiger partial charge in [0.25, 0.3) is 0 Å². The number of halogens is 1. The summed E-state index contributed by atoms with van der Waals surface area (Å²) >= 11 is 0. The van der Waals surface area contributed by atoms with Crippen LogP contribution < -0.4 is 5.32 Å². The Bertz CT molecular complexity index is 304. The Kier molecular flexibility index (Phi) is 4.23. The highest BCUT2D eigenvalue weighted by Gasteiger charge is 2.39. The topological polar surface area (TPSA) is 25.2 Å². The third kappa shape index (κ3) is 3.25. The molecule has 0 aromatic carbocycles. The highest BCUT2D eigenvalue weighted by atomic mass is 35.5. The summed E-state index contributed by atoms with van der Waals surface area (Å²) in [6, 6.07) is 4.07. The average molecular weight is 230 g/mol. The third-order valence-electron chi connectivity index (χ3n) is 3.30. The Labute approximate surface area is 97.8 Å². The van der Waals surface area contributed by atoms with E-state index in [4.69, 9.17) is 4.42 Å². The Morgan fingerprint density at radius 2 is 2.13 bits per heavy atom. The van der Waals surface area contributed by atoms with Gasteiger partial charge >= 0.3 is 0 Å². The number of furan rings is 1. The number of rotatable bonds is 5. The lowest BCUT2D eigenvalue weighted by molar-refractivity contribution is 0.411. The summed E-state index contributed by atoms with van der Waals surface area (Å²) in [5, 5.41) is 3.47. The molecule has 0 radical (unpaired) electrons. The second-order valence-electron chi connectivity index (χ2n) is 4.47. The van der Waals surface area contributed by atoms with E-state index < -0.39 is 0 Å². The predicted octanol–water partition coefficient (Wildman–Crippen LogP) is 3.29. The van der Waals surface area contributed by atoms with Crippen molar-refractivity contribution in [2.45, 2.75) is 39.7 Å². The first-order chi connectivity index (χ1) is 6.74. The Morgan fingerprint density at radius 1 is 1.40 bits per heavy atom. The first kappa shape index (κ1) is 12.6. The van der Waals surface area contributed by atoms with Crippen molar-refractivity contribution in [3.63, 3.8) is 0 Å². The van der Waals surface area contributed by atoms with E-state index in [2.05, 4.69) is 12.2 Å². The van der Waals surface area contributed by atoms with Crippen LogP contribution in [0.2, 0.25) is 0 Å². The van der Waals surface area contributed by atoms with Gasteiger partial charge in [-0.1, -0.05) is 6.92 Å². The van der Waals surface area contributed by atoms with E-state index in [1.54, 1.807) is 0 Å². The Hall–Kier alpha value is -0.470. The van der Waals surface area contributed by atoms with Gasteiger partial charge in [-0.3, -0.25) is 0 Å². The zero-order chi connectivity index (χ0) is 10.0. The maximum atomic E-state index is 5.49. The van der Waals surface area contributed by atoms with E-state index in [0.29, 0.717) is 5.41 Å². The molecule has 1 saturated carbocycles. The van der Waals surface area contributed by atoms with E-state index in [-0.39, 0.29) is 12.4 Å². The summed E-state index contributed by atoms with van der Waals surface area (Å²) in [4.78, 5) is 0. The molecule has 0 amide bonds. The van der Waals surface area contributed by atoms with Crippen molar-refractivity contribution in [2.75, 3.05) is 6.54 Å². The highest BCUT2D eigenvalue weighted by molar-refractivity contribution is 5.85. The average Bonchev–Trinajstić information content (AvgIpc) is 2.84. The molecule has 1 N–H and O–H groups in total. The van der Waals surface area contributed by atoms with E-state index in [9.17, 15) is 0 Å². The number of nitrogens with one attached hydrogen (secondary N) is 1. The van der Waals surface area contributed by atoms with Gasteiger partial charge in [0.2, 0.25) is 0 Å². The van der Waals surface area contributed by atoms with Gasteiger partial charge < -0.3 is 9.73 Å². The summed E-state index contributed by atoms with van der Waals surface area (Å²) in [5.74, 6) is 2.05. The molecule has 1 aromatic heterocycles. The molecular formula is C12H20ClNO. The van der Waals surface area contributed by atoms with Crippen LogP contribution in [0.3, 0.4) is 0 Å². The standard InChI is InChI=1S/C12H19NO.ClH/c1-3-12(6-7-12)9-13-8-11-5-4-10(2)14-11;/h4-5,13H,3,6-9H2,1-2H3;1H. The van der Waals surface area contributed by atoms with Crippen molar-refractivity contribution >= 4 is 12.4 Å². The zero-order valence-corrected chi connectivity index (χ0v) is 10.3. The van der Waals surface area contributed by atoms with Gasteiger partial charge in [0, 0.05) is 6.54 Å². The Balaban J connectivity index is 0.00000112. The van der Waals surface area contributed by atoms with Gasteiger partial charge in [-0.15, -0.1) is 12.4 Å². The van der Waals surface area contributed by atoms with E-state index >= 15 is 0 Å². The fourth-order valence-corrected chi connectivity index (χ4v) is 1.86. The molecule has 0 unspecified atom stereocenters. The number of hydrogen-bond acceptors (Lipinski definition) is 2. The van der Waals surface area contributed by atoms with Crippen LogP contribution in [0.1, 0.15) is 37.7 Å². The van der Waals surface area contributed by atoms with Gasteiger partial charge in [0.1, 0.15) is 11.5 Å². The van der Waals surface area contributed by atoms with Gasteiger partial charge in [0.15, 0.2) is 0 Å². The molecule has 2 rings (SSSR count). The molecule has 0 spiro atoms. The van der Waals surface area contributed by atoms with Crippen LogP contribution in [0.5, 0.6) is 0 Å². The lowest BCUT2D eigenvalue weighted by Crippen LogP contribution is -2.22. The molecule has 1 heterocycles. The predicted molar refractivity (Wildman–Crippen MR) is 64.4 cm³/mol. The largest absolute Gasteiger partial charge is 0.465 e. The minimum Gasteiger partial charge on any atom is -0.465 e. The summed E-state index contributed by atoms with van der Waals surface area (Å²) in [5.41, 5.74) is 0.627. The van der Waals surface area contributed by atoms with E-state index in [1.165, 1.54) is 19.3 Å². The Morgan fingerprint density at radius 3 is 2.60 bits per heavy atom. The van der Waals surface area contributed by atoms with Crippen molar-refractivity contribution in [3.8, 4) is 0 Å². The van der Waals surface area contributed by atoms with Crippen LogP contribution in [0.25, 0.3) is 0 Å². The fraction of sp³-hybridized carbons (Fsp3) is 0.667. The van der Waals surface area contributed by atoms with Crippen molar-refractivity contribution in [1.82, 2.24) is 5.32 Å². The van der Waals surface area contributed by atoms with Crippen molar-refractivity contribution in [2.24, 2.45) is 5.41 Å². The van der Waals surface area contributed by atoms with Crippen LogP contribution in [0, 0.1) is 12.3 Å². The monoisotopic (exact) mass is 229 g/mol. The maximum absolute atomic E-state index is 5.49. The van der Waals surface area contributed by atoms with Crippen LogP contribution in [-0.2, 0) is 6.54 Å². The quantitative estimate of drug-likeness (QED) is 0.838.